The van der Waals surface area contributed by atoms with E-state index in [1.807, 2.05) is 19.1 Å². The standard InChI is InChI=1S/C12H13NO3S/c1-7-10(15-2)5-4-8(11(7)16-3)9-6-17-12(14)13-9/h4-6H,1-3H3,(H,13,14). The lowest BCUT2D eigenvalue weighted by molar-refractivity contribution is 0.390. The summed E-state index contributed by atoms with van der Waals surface area (Å²) in [4.78, 5) is 13.9. The van der Waals surface area contributed by atoms with Gasteiger partial charge in [-0.1, -0.05) is 11.3 Å². The fourth-order valence-corrected chi connectivity index (χ4v) is 2.36. The van der Waals surface area contributed by atoms with Gasteiger partial charge in [-0.2, -0.15) is 0 Å². The Kier molecular flexibility index (Phi) is 3.19. The Labute approximate surface area is 103 Å². The van der Waals surface area contributed by atoms with Crippen molar-refractivity contribution < 1.29 is 9.47 Å². The summed E-state index contributed by atoms with van der Waals surface area (Å²) in [5.74, 6) is 1.49. The molecule has 0 spiro atoms. The SMILES string of the molecule is COc1ccc(-c2csc(=O)[nH]2)c(OC)c1C. The van der Waals surface area contributed by atoms with Gasteiger partial charge in [0.15, 0.2) is 0 Å². The first kappa shape index (κ1) is 11.7. The van der Waals surface area contributed by atoms with Gasteiger partial charge in [-0.15, -0.1) is 0 Å². The Morgan fingerprint density at radius 2 is 2.00 bits per heavy atom. The van der Waals surface area contributed by atoms with Crippen LogP contribution in [-0.2, 0) is 0 Å². The number of nitrogens with one attached hydrogen (secondary N) is 1. The van der Waals surface area contributed by atoms with Crippen LogP contribution in [0.25, 0.3) is 11.3 Å². The summed E-state index contributed by atoms with van der Waals surface area (Å²) in [7, 11) is 3.23. The number of aromatic nitrogens is 1. The highest BCUT2D eigenvalue weighted by Gasteiger charge is 2.13. The monoisotopic (exact) mass is 251 g/mol. The Morgan fingerprint density at radius 1 is 1.24 bits per heavy atom. The van der Waals surface area contributed by atoms with E-state index in [-0.39, 0.29) is 4.87 Å². The molecule has 0 saturated heterocycles. The third-order valence-corrected chi connectivity index (χ3v) is 3.26. The number of aromatic amines is 1. The van der Waals surface area contributed by atoms with Gasteiger partial charge >= 0.3 is 4.87 Å². The summed E-state index contributed by atoms with van der Waals surface area (Å²) in [6.45, 7) is 1.92. The van der Waals surface area contributed by atoms with E-state index in [1.165, 1.54) is 0 Å². The minimum atomic E-state index is -0.0736. The van der Waals surface area contributed by atoms with E-state index < -0.39 is 0 Å². The molecule has 0 saturated carbocycles. The van der Waals surface area contributed by atoms with Crippen LogP contribution >= 0.6 is 11.3 Å². The molecule has 0 amide bonds. The molecule has 0 bridgehead atoms. The quantitative estimate of drug-likeness (QED) is 0.911. The molecule has 0 unspecified atom stereocenters. The molecule has 90 valence electrons. The highest BCUT2D eigenvalue weighted by atomic mass is 32.1. The van der Waals surface area contributed by atoms with Crippen LogP contribution in [0.3, 0.4) is 0 Å². The molecule has 0 radical (unpaired) electrons. The third kappa shape index (κ3) is 2.06. The van der Waals surface area contributed by atoms with Crippen molar-refractivity contribution >= 4 is 11.3 Å². The normalized spacial score (nSPS) is 10.3. The van der Waals surface area contributed by atoms with Gasteiger partial charge in [0.2, 0.25) is 0 Å². The lowest BCUT2D eigenvalue weighted by Gasteiger charge is -2.13. The van der Waals surface area contributed by atoms with Gasteiger partial charge in [0.05, 0.1) is 19.9 Å². The molecule has 0 fully saturated rings. The first-order valence-corrected chi connectivity index (χ1v) is 5.95. The predicted molar refractivity (Wildman–Crippen MR) is 68.2 cm³/mol. The fourth-order valence-electron chi connectivity index (χ4n) is 1.78. The first-order valence-electron chi connectivity index (χ1n) is 5.07. The summed E-state index contributed by atoms with van der Waals surface area (Å²) in [5.41, 5.74) is 2.55. The van der Waals surface area contributed by atoms with Gasteiger partial charge in [0.1, 0.15) is 11.5 Å². The second-order valence-corrected chi connectivity index (χ2v) is 4.38. The van der Waals surface area contributed by atoms with Crippen molar-refractivity contribution in [2.75, 3.05) is 14.2 Å². The molecule has 1 N–H and O–H groups in total. The number of H-pyrrole nitrogens is 1. The number of methoxy groups -OCH3 is 2. The zero-order chi connectivity index (χ0) is 12.4. The molecule has 17 heavy (non-hydrogen) atoms. The van der Waals surface area contributed by atoms with Crippen molar-refractivity contribution in [1.29, 1.82) is 0 Å². The van der Waals surface area contributed by atoms with Crippen molar-refractivity contribution in [2.24, 2.45) is 0 Å². The maximum Gasteiger partial charge on any atom is 0.304 e. The second kappa shape index (κ2) is 4.63. The van der Waals surface area contributed by atoms with E-state index in [0.29, 0.717) is 0 Å². The van der Waals surface area contributed by atoms with Crippen LogP contribution in [0.5, 0.6) is 11.5 Å². The third-order valence-electron chi connectivity index (χ3n) is 2.59. The summed E-state index contributed by atoms with van der Waals surface area (Å²) < 4.78 is 10.6. The van der Waals surface area contributed by atoms with Gasteiger partial charge in [-0.05, 0) is 19.1 Å². The fraction of sp³-hybridized carbons (Fsp3) is 0.250. The first-order chi connectivity index (χ1) is 8.17. The molecule has 2 aromatic rings. The van der Waals surface area contributed by atoms with Crippen molar-refractivity contribution in [3.63, 3.8) is 0 Å². The Bertz CT molecular complexity index is 586. The van der Waals surface area contributed by atoms with E-state index in [2.05, 4.69) is 4.98 Å². The minimum absolute atomic E-state index is 0.0736. The number of hydrogen-bond acceptors (Lipinski definition) is 4. The highest BCUT2D eigenvalue weighted by molar-refractivity contribution is 7.07. The molecule has 0 aliphatic heterocycles. The molecule has 2 rings (SSSR count). The average Bonchev–Trinajstić information content (AvgIpc) is 2.75. The molecule has 0 aliphatic rings. The largest absolute Gasteiger partial charge is 0.496 e. The maximum atomic E-state index is 11.2. The highest BCUT2D eigenvalue weighted by Crippen LogP contribution is 2.36. The molecule has 5 heteroatoms. The zero-order valence-corrected chi connectivity index (χ0v) is 10.7. The molecule has 1 heterocycles. The van der Waals surface area contributed by atoms with Crippen molar-refractivity contribution in [3.05, 3.63) is 32.7 Å². The van der Waals surface area contributed by atoms with Gasteiger partial charge < -0.3 is 14.5 Å². The summed E-state index contributed by atoms with van der Waals surface area (Å²) in [6.07, 6.45) is 0. The predicted octanol–water partition coefficient (Wildman–Crippen LogP) is 2.43. The average molecular weight is 251 g/mol. The lowest BCUT2D eigenvalue weighted by Crippen LogP contribution is -1.97. The van der Waals surface area contributed by atoms with E-state index in [4.69, 9.17) is 9.47 Å². The molecular formula is C12H13NO3S. The lowest BCUT2D eigenvalue weighted by atomic mass is 10.1. The van der Waals surface area contributed by atoms with E-state index in [1.54, 1.807) is 19.6 Å². The van der Waals surface area contributed by atoms with Gasteiger partial charge in [-0.3, -0.25) is 4.79 Å². The smallest absolute Gasteiger partial charge is 0.304 e. The number of benzene rings is 1. The topological polar surface area (TPSA) is 51.3 Å². The molecule has 0 atom stereocenters. The van der Waals surface area contributed by atoms with Crippen molar-refractivity contribution in [2.45, 2.75) is 6.92 Å². The zero-order valence-electron chi connectivity index (χ0n) is 9.87. The Hall–Kier alpha value is -1.75. The number of rotatable bonds is 3. The van der Waals surface area contributed by atoms with Crippen molar-refractivity contribution in [3.8, 4) is 22.8 Å². The molecule has 1 aromatic heterocycles. The maximum absolute atomic E-state index is 11.2. The molecular weight excluding hydrogens is 238 g/mol. The number of hydrogen-bond donors (Lipinski definition) is 1. The number of thiazole rings is 1. The van der Waals surface area contributed by atoms with Gasteiger partial charge in [0, 0.05) is 16.5 Å². The minimum Gasteiger partial charge on any atom is -0.496 e. The van der Waals surface area contributed by atoms with Crippen molar-refractivity contribution in [1.82, 2.24) is 4.98 Å². The number of ether oxygens (including phenoxy) is 2. The second-order valence-electron chi connectivity index (χ2n) is 3.54. The van der Waals surface area contributed by atoms with Crippen LogP contribution in [0.2, 0.25) is 0 Å². The van der Waals surface area contributed by atoms with Gasteiger partial charge in [-0.25, -0.2) is 0 Å². The van der Waals surface area contributed by atoms with Crippen LogP contribution in [0.15, 0.2) is 22.3 Å². The molecule has 1 aromatic carbocycles. The van der Waals surface area contributed by atoms with E-state index in [9.17, 15) is 4.79 Å². The molecule has 0 aliphatic carbocycles. The Morgan fingerprint density at radius 3 is 2.53 bits per heavy atom. The van der Waals surface area contributed by atoms with Crippen LogP contribution in [0.1, 0.15) is 5.56 Å². The summed E-state index contributed by atoms with van der Waals surface area (Å²) in [6, 6.07) is 3.74. The van der Waals surface area contributed by atoms with Crippen LogP contribution in [0.4, 0.5) is 0 Å². The van der Waals surface area contributed by atoms with E-state index >= 15 is 0 Å². The molecule has 4 nitrogen and oxygen atoms in total. The van der Waals surface area contributed by atoms with E-state index in [0.717, 1.165) is 39.7 Å². The van der Waals surface area contributed by atoms with Gasteiger partial charge in [0.25, 0.3) is 0 Å². The van der Waals surface area contributed by atoms with Crippen LogP contribution < -0.4 is 14.3 Å². The summed E-state index contributed by atoms with van der Waals surface area (Å²) >= 11 is 1.14. The Balaban J connectivity index is 2.62. The summed E-state index contributed by atoms with van der Waals surface area (Å²) in [5, 5.41) is 1.78. The van der Waals surface area contributed by atoms with Crippen LogP contribution in [0, 0.1) is 6.92 Å². The van der Waals surface area contributed by atoms with Crippen LogP contribution in [-0.4, -0.2) is 19.2 Å².